The van der Waals surface area contributed by atoms with Crippen molar-refractivity contribution in [3.05, 3.63) is 0 Å². The maximum atomic E-state index is 11.6. The van der Waals surface area contributed by atoms with Crippen LogP contribution in [0.4, 0.5) is 0 Å². The molecule has 1 rings (SSSR count). The Balaban J connectivity index is 2.42. The van der Waals surface area contributed by atoms with Crippen molar-refractivity contribution in [1.82, 2.24) is 10.6 Å². The van der Waals surface area contributed by atoms with Gasteiger partial charge in [-0.25, -0.2) is 0 Å². The Hall–Kier alpha value is -0.980. The summed E-state index contributed by atoms with van der Waals surface area (Å²) in [5.41, 5.74) is 5.46. The molecule has 98 valence electrons. The van der Waals surface area contributed by atoms with E-state index in [2.05, 4.69) is 10.6 Å². The van der Waals surface area contributed by atoms with Crippen LogP contribution in [0.2, 0.25) is 0 Å². The highest BCUT2D eigenvalue weighted by molar-refractivity contribution is 6.00. The van der Waals surface area contributed by atoms with Crippen LogP contribution in [0, 0.1) is 0 Å². The summed E-state index contributed by atoms with van der Waals surface area (Å²) in [7, 11) is 1.63. The smallest absolute Gasteiger partial charge is 0.243 e. The van der Waals surface area contributed by atoms with Gasteiger partial charge in [-0.3, -0.25) is 14.9 Å². The molecule has 1 aliphatic rings. The molecule has 0 saturated carbocycles. The number of rotatable bonds is 7. The summed E-state index contributed by atoms with van der Waals surface area (Å²) in [5, 5.41) is 5.54. The van der Waals surface area contributed by atoms with E-state index < -0.39 is 0 Å². The monoisotopic (exact) mass is 243 g/mol. The Morgan fingerprint density at radius 2 is 2.35 bits per heavy atom. The number of nitrogens with two attached hydrogens (primary N) is 1. The van der Waals surface area contributed by atoms with Gasteiger partial charge < -0.3 is 15.8 Å². The number of piperidine rings is 1. The third-order valence-electron chi connectivity index (χ3n) is 2.80. The van der Waals surface area contributed by atoms with E-state index in [4.69, 9.17) is 10.5 Å². The molecule has 0 aromatic carbocycles. The molecule has 6 nitrogen and oxygen atoms in total. The lowest BCUT2D eigenvalue weighted by Crippen LogP contribution is -2.54. The van der Waals surface area contributed by atoms with Crippen molar-refractivity contribution in [3.8, 4) is 0 Å². The van der Waals surface area contributed by atoms with Gasteiger partial charge in [0.1, 0.15) is 0 Å². The Morgan fingerprint density at radius 3 is 2.94 bits per heavy atom. The summed E-state index contributed by atoms with van der Waals surface area (Å²) >= 11 is 0. The van der Waals surface area contributed by atoms with Crippen molar-refractivity contribution in [2.24, 2.45) is 5.73 Å². The quantitative estimate of drug-likeness (QED) is 0.506. The molecule has 2 unspecified atom stereocenters. The van der Waals surface area contributed by atoms with E-state index >= 15 is 0 Å². The molecule has 6 heteroatoms. The third-order valence-corrected chi connectivity index (χ3v) is 2.80. The van der Waals surface area contributed by atoms with Gasteiger partial charge in [0, 0.05) is 19.6 Å². The first-order valence-corrected chi connectivity index (χ1v) is 5.96. The van der Waals surface area contributed by atoms with Gasteiger partial charge in [0.25, 0.3) is 0 Å². The number of amides is 2. The summed E-state index contributed by atoms with van der Waals surface area (Å²) in [6.45, 7) is 1.16. The Kier molecular flexibility index (Phi) is 6.10. The minimum Gasteiger partial charge on any atom is -0.383 e. The minimum atomic E-state index is -0.300. The van der Waals surface area contributed by atoms with Gasteiger partial charge in [-0.2, -0.15) is 0 Å². The molecule has 0 radical (unpaired) electrons. The molecule has 4 N–H and O–H groups in total. The Morgan fingerprint density at radius 1 is 1.59 bits per heavy atom. The van der Waals surface area contributed by atoms with Crippen LogP contribution in [-0.4, -0.2) is 44.2 Å². The molecule has 0 aromatic rings. The molecule has 1 aliphatic heterocycles. The minimum absolute atomic E-state index is 0.104. The highest BCUT2D eigenvalue weighted by atomic mass is 16.5. The molecular formula is C11H21N3O3. The first kappa shape index (κ1) is 14.1. The second kappa shape index (κ2) is 7.37. The zero-order chi connectivity index (χ0) is 12.7. The standard InChI is InChI=1S/C11H21N3O3/c1-17-7-8(3-2-6-12)13-9-4-5-10(15)14-11(9)16/h8-9,13H,2-7,12H2,1H3,(H,14,15,16). The lowest BCUT2D eigenvalue weighted by atomic mass is 10.0. The summed E-state index contributed by atoms with van der Waals surface area (Å²) in [5.74, 6) is -0.437. The van der Waals surface area contributed by atoms with E-state index in [1.165, 1.54) is 0 Å². The second-order valence-electron chi connectivity index (χ2n) is 4.25. The predicted octanol–water partition coefficient (Wildman–Crippen LogP) is -0.865. The van der Waals surface area contributed by atoms with Gasteiger partial charge in [0.05, 0.1) is 12.6 Å². The van der Waals surface area contributed by atoms with Crippen LogP contribution in [0.15, 0.2) is 0 Å². The van der Waals surface area contributed by atoms with Gasteiger partial charge >= 0.3 is 0 Å². The van der Waals surface area contributed by atoms with E-state index in [1.807, 2.05) is 0 Å². The van der Waals surface area contributed by atoms with Crippen LogP contribution in [0.25, 0.3) is 0 Å². The van der Waals surface area contributed by atoms with Crippen LogP contribution in [-0.2, 0) is 14.3 Å². The second-order valence-corrected chi connectivity index (χ2v) is 4.25. The largest absolute Gasteiger partial charge is 0.383 e. The van der Waals surface area contributed by atoms with E-state index in [9.17, 15) is 9.59 Å². The van der Waals surface area contributed by atoms with Gasteiger partial charge in [-0.05, 0) is 25.8 Å². The summed E-state index contributed by atoms with van der Waals surface area (Å²) in [6.07, 6.45) is 2.68. The lowest BCUT2D eigenvalue weighted by Gasteiger charge is -2.27. The molecule has 0 aliphatic carbocycles. The third kappa shape index (κ3) is 4.80. The molecule has 1 fully saturated rings. The SMILES string of the molecule is COCC(CCCN)NC1CCC(=O)NC1=O. The average molecular weight is 243 g/mol. The van der Waals surface area contributed by atoms with Crippen LogP contribution < -0.4 is 16.4 Å². The number of carbonyl (C=O) groups is 2. The molecule has 2 amide bonds. The van der Waals surface area contributed by atoms with E-state index in [1.54, 1.807) is 7.11 Å². The van der Waals surface area contributed by atoms with E-state index in [-0.39, 0.29) is 23.9 Å². The van der Waals surface area contributed by atoms with Crippen molar-refractivity contribution >= 4 is 11.8 Å². The number of imide groups is 1. The number of carbonyl (C=O) groups excluding carboxylic acids is 2. The molecule has 0 bridgehead atoms. The average Bonchev–Trinajstić information content (AvgIpc) is 2.29. The van der Waals surface area contributed by atoms with E-state index in [0.29, 0.717) is 26.0 Å². The van der Waals surface area contributed by atoms with Gasteiger partial charge in [-0.15, -0.1) is 0 Å². The maximum Gasteiger partial charge on any atom is 0.243 e. The lowest BCUT2D eigenvalue weighted by molar-refractivity contribution is -0.135. The molecule has 17 heavy (non-hydrogen) atoms. The Labute approximate surface area is 101 Å². The molecule has 0 spiro atoms. The van der Waals surface area contributed by atoms with Crippen molar-refractivity contribution < 1.29 is 14.3 Å². The maximum absolute atomic E-state index is 11.6. The molecular weight excluding hydrogens is 222 g/mol. The normalized spacial score (nSPS) is 22.4. The summed E-state index contributed by atoms with van der Waals surface area (Å²) in [6, 6.07) is -0.196. The molecule has 1 heterocycles. The number of nitrogens with one attached hydrogen (secondary N) is 2. The number of hydrogen-bond donors (Lipinski definition) is 3. The highest BCUT2D eigenvalue weighted by Crippen LogP contribution is 2.07. The van der Waals surface area contributed by atoms with Crippen LogP contribution in [0.3, 0.4) is 0 Å². The van der Waals surface area contributed by atoms with Crippen molar-refractivity contribution in [1.29, 1.82) is 0 Å². The number of methoxy groups -OCH3 is 1. The molecule has 0 aromatic heterocycles. The Bertz CT molecular complexity index is 271. The van der Waals surface area contributed by atoms with Crippen LogP contribution in [0.1, 0.15) is 25.7 Å². The molecule has 1 saturated heterocycles. The predicted molar refractivity (Wildman–Crippen MR) is 63.3 cm³/mol. The fourth-order valence-electron chi connectivity index (χ4n) is 1.92. The topological polar surface area (TPSA) is 93.4 Å². The van der Waals surface area contributed by atoms with Gasteiger partial charge in [0.15, 0.2) is 0 Å². The van der Waals surface area contributed by atoms with E-state index in [0.717, 1.165) is 12.8 Å². The first-order chi connectivity index (χ1) is 8.17. The highest BCUT2D eigenvalue weighted by Gasteiger charge is 2.28. The van der Waals surface area contributed by atoms with Crippen molar-refractivity contribution in [2.75, 3.05) is 20.3 Å². The number of hydrogen-bond acceptors (Lipinski definition) is 5. The van der Waals surface area contributed by atoms with Crippen LogP contribution in [0.5, 0.6) is 0 Å². The zero-order valence-corrected chi connectivity index (χ0v) is 10.2. The zero-order valence-electron chi connectivity index (χ0n) is 10.2. The fraction of sp³-hybridized carbons (Fsp3) is 0.818. The summed E-state index contributed by atoms with van der Waals surface area (Å²) < 4.78 is 5.10. The van der Waals surface area contributed by atoms with Crippen molar-refractivity contribution in [3.63, 3.8) is 0 Å². The van der Waals surface area contributed by atoms with Crippen LogP contribution >= 0.6 is 0 Å². The fourth-order valence-corrected chi connectivity index (χ4v) is 1.92. The number of ether oxygens (including phenoxy) is 1. The molecule has 2 atom stereocenters. The first-order valence-electron chi connectivity index (χ1n) is 5.96. The van der Waals surface area contributed by atoms with Gasteiger partial charge in [-0.1, -0.05) is 0 Å². The van der Waals surface area contributed by atoms with Crippen molar-refractivity contribution in [2.45, 2.75) is 37.8 Å². The summed E-state index contributed by atoms with van der Waals surface area (Å²) in [4.78, 5) is 22.6. The van der Waals surface area contributed by atoms with Gasteiger partial charge in [0.2, 0.25) is 11.8 Å².